The van der Waals surface area contributed by atoms with Crippen LogP contribution in [0.2, 0.25) is 0 Å². The molecule has 1 atom stereocenters. The van der Waals surface area contributed by atoms with Gasteiger partial charge in [-0.2, -0.15) is 0 Å². The fraction of sp³-hybridized carbons (Fsp3) is 0.400. The second kappa shape index (κ2) is 6.41. The van der Waals surface area contributed by atoms with Crippen molar-refractivity contribution in [1.29, 1.82) is 0 Å². The Hall–Kier alpha value is -1.99. The van der Waals surface area contributed by atoms with Gasteiger partial charge in [-0.3, -0.25) is 10.1 Å². The molecule has 116 valence electrons. The van der Waals surface area contributed by atoms with E-state index in [9.17, 15) is 4.79 Å². The molecule has 3 heterocycles. The van der Waals surface area contributed by atoms with E-state index in [1.807, 2.05) is 25.3 Å². The van der Waals surface area contributed by atoms with Gasteiger partial charge in [-0.25, -0.2) is 9.97 Å². The molecule has 1 aliphatic rings. The van der Waals surface area contributed by atoms with Crippen LogP contribution >= 0.6 is 11.3 Å². The molecule has 0 radical (unpaired) electrons. The number of aryl methyl sites for hydroxylation is 2. The average Bonchev–Trinajstić information content (AvgIpc) is 3.10. The number of hydrogen-bond donors (Lipinski definition) is 1. The highest BCUT2D eigenvalue weighted by Gasteiger charge is 2.19. The highest BCUT2D eigenvalue weighted by molar-refractivity contribution is 7.13. The van der Waals surface area contributed by atoms with Crippen molar-refractivity contribution in [3.63, 3.8) is 0 Å². The van der Waals surface area contributed by atoms with Crippen LogP contribution in [0.15, 0.2) is 17.5 Å². The Labute approximate surface area is 132 Å². The second-order valence-corrected chi connectivity index (χ2v) is 6.04. The summed E-state index contributed by atoms with van der Waals surface area (Å²) in [5.74, 6) is 0.356. The van der Waals surface area contributed by atoms with E-state index in [0.717, 1.165) is 17.8 Å². The number of carbonyl (C=O) groups excluding carboxylic acids is 1. The summed E-state index contributed by atoms with van der Waals surface area (Å²) >= 11 is 1.39. The second-order valence-electron chi connectivity index (χ2n) is 5.18. The molecule has 0 aromatic carbocycles. The van der Waals surface area contributed by atoms with Crippen molar-refractivity contribution in [2.75, 3.05) is 18.5 Å². The third kappa shape index (κ3) is 3.61. The van der Waals surface area contributed by atoms with E-state index >= 15 is 0 Å². The lowest BCUT2D eigenvalue weighted by Gasteiger charge is -2.13. The lowest BCUT2D eigenvalue weighted by molar-refractivity contribution is 0.102. The number of amides is 1. The molecule has 0 unspecified atom stereocenters. The van der Waals surface area contributed by atoms with Gasteiger partial charge in [0.05, 0.1) is 18.9 Å². The SMILES string of the molecule is Cc1cc(O[C@H]2CCOC2)cc(C(=O)Nc2nc(C)cs2)n1. The fourth-order valence-electron chi connectivity index (χ4n) is 2.19. The lowest BCUT2D eigenvalue weighted by Crippen LogP contribution is -2.18. The van der Waals surface area contributed by atoms with E-state index in [1.54, 1.807) is 6.07 Å². The molecular weight excluding hydrogens is 302 g/mol. The largest absolute Gasteiger partial charge is 0.488 e. The zero-order chi connectivity index (χ0) is 15.5. The van der Waals surface area contributed by atoms with Crippen molar-refractivity contribution in [3.05, 3.63) is 34.6 Å². The molecule has 6 nitrogen and oxygen atoms in total. The maximum Gasteiger partial charge on any atom is 0.276 e. The minimum atomic E-state index is -0.287. The Bertz CT molecular complexity index is 680. The molecule has 0 aliphatic carbocycles. The highest BCUT2D eigenvalue weighted by atomic mass is 32.1. The third-order valence-corrected chi connectivity index (χ3v) is 4.07. The van der Waals surface area contributed by atoms with Crippen LogP contribution in [0.4, 0.5) is 5.13 Å². The molecule has 2 aromatic heterocycles. The Morgan fingerprint density at radius 1 is 1.36 bits per heavy atom. The number of ether oxygens (including phenoxy) is 2. The van der Waals surface area contributed by atoms with Crippen LogP contribution in [0.3, 0.4) is 0 Å². The topological polar surface area (TPSA) is 73.3 Å². The summed E-state index contributed by atoms with van der Waals surface area (Å²) in [7, 11) is 0. The normalized spacial score (nSPS) is 17.5. The summed E-state index contributed by atoms with van der Waals surface area (Å²) in [5, 5.41) is 5.20. The Morgan fingerprint density at radius 2 is 2.23 bits per heavy atom. The van der Waals surface area contributed by atoms with Gasteiger partial charge < -0.3 is 9.47 Å². The van der Waals surface area contributed by atoms with Crippen LogP contribution in [0, 0.1) is 13.8 Å². The highest BCUT2D eigenvalue weighted by Crippen LogP contribution is 2.20. The third-order valence-electron chi connectivity index (χ3n) is 3.19. The smallest absolute Gasteiger partial charge is 0.276 e. The molecule has 7 heteroatoms. The average molecular weight is 319 g/mol. The van der Waals surface area contributed by atoms with Crippen molar-refractivity contribution in [2.45, 2.75) is 26.4 Å². The molecule has 3 rings (SSSR count). The van der Waals surface area contributed by atoms with Gasteiger partial charge >= 0.3 is 0 Å². The molecule has 2 aromatic rings. The van der Waals surface area contributed by atoms with E-state index < -0.39 is 0 Å². The lowest BCUT2D eigenvalue weighted by atomic mass is 10.2. The van der Waals surface area contributed by atoms with Gasteiger partial charge in [-0.1, -0.05) is 0 Å². The number of hydrogen-bond acceptors (Lipinski definition) is 6. The summed E-state index contributed by atoms with van der Waals surface area (Å²) in [4.78, 5) is 20.8. The van der Waals surface area contributed by atoms with Crippen LogP contribution in [0.5, 0.6) is 5.75 Å². The van der Waals surface area contributed by atoms with Crippen LogP contribution in [-0.4, -0.2) is 35.2 Å². The summed E-state index contributed by atoms with van der Waals surface area (Å²) in [5.41, 5.74) is 1.93. The van der Waals surface area contributed by atoms with Crippen LogP contribution in [0.1, 0.15) is 28.3 Å². The van der Waals surface area contributed by atoms with Gasteiger partial charge in [-0.15, -0.1) is 11.3 Å². The van der Waals surface area contributed by atoms with Crippen LogP contribution < -0.4 is 10.1 Å². The first-order chi connectivity index (χ1) is 10.6. The maximum atomic E-state index is 12.3. The molecule has 0 spiro atoms. The number of carbonyl (C=O) groups is 1. The Balaban J connectivity index is 1.74. The van der Waals surface area contributed by atoms with Gasteiger partial charge in [0, 0.05) is 29.6 Å². The van der Waals surface area contributed by atoms with E-state index in [4.69, 9.17) is 9.47 Å². The van der Waals surface area contributed by atoms with Crippen molar-refractivity contribution in [1.82, 2.24) is 9.97 Å². The van der Waals surface area contributed by atoms with E-state index in [-0.39, 0.29) is 12.0 Å². The number of anilines is 1. The summed E-state index contributed by atoms with van der Waals surface area (Å²) in [6.45, 7) is 5.02. The standard InChI is InChI=1S/C15H17N3O3S/c1-9-5-12(21-11-3-4-20-7-11)6-13(16-9)14(19)18-15-17-10(2)8-22-15/h5-6,8,11H,3-4,7H2,1-2H3,(H,17,18,19)/t11-/m0/s1. The van der Waals surface area contributed by atoms with Crippen LogP contribution in [-0.2, 0) is 4.74 Å². The molecule has 1 aliphatic heterocycles. The molecule has 0 bridgehead atoms. The predicted molar refractivity (Wildman–Crippen MR) is 83.6 cm³/mol. The Morgan fingerprint density at radius 3 is 2.91 bits per heavy atom. The van der Waals surface area contributed by atoms with Crippen molar-refractivity contribution >= 4 is 22.4 Å². The van der Waals surface area contributed by atoms with Crippen molar-refractivity contribution in [3.8, 4) is 5.75 Å². The summed E-state index contributed by atoms with van der Waals surface area (Å²) in [6, 6.07) is 3.48. The molecule has 1 amide bonds. The zero-order valence-corrected chi connectivity index (χ0v) is 13.3. The molecular formula is C15H17N3O3S. The van der Waals surface area contributed by atoms with E-state index in [0.29, 0.717) is 29.8 Å². The van der Waals surface area contributed by atoms with Crippen molar-refractivity contribution < 1.29 is 14.3 Å². The van der Waals surface area contributed by atoms with Gasteiger partial charge in [0.1, 0.15) is 17.5 Å². The minimum absolute atomic E-state index is 0.0410. The number of thiazole rings is 1. The zero-order valence-electron chi connectivity index (χ0n) is 12.5. The maximum absolute atomic E-state index is 12.3. The van der Waals surface area contributed by atoms with Gasteiger partial charge in [0.15, 0.2) is 5.13 Å². The molecule has 22 heavy (non-hydrogen) atoms. The fourth-order valence-corrected chi connectivity index (χ4v) is 2.88. The molecule has 1 saturated heterocycles. The Kier molecular flexibility index (Phi) is 4.35. The number of aromatic nitrogens is 2. The number of rotatable bonds is 4. The van der Waals surface area contributed by atoms with Gasteiger partial charge in [-0.05, 0) is 13.8 Å². The van der Waals surface area contributed by atoms with E-state index in [1.165, 1.54) is 11.3 Å². The number of nitrogens with zero attached hydrogens (tertiary/aromatic N) is 2. The van der Waals surface area contributed by atoms with Gasteiger partial charge in [0.2, 0.25) is 0 Å². The van der Waals surface area contributed by atoms with E-state index in [2.05, 4.69) is 15.3 Å². The monoisotopic (exact) mass is 319 g/mol. The first-order valence-corrected chi connectivity index (χ1v) is 7.95. The van der Waals surface area contributed by atoms with Crippen molar-refractivity contribution in [2.24, 2.45) is 0 Å². The first kappa shape index (κ1) is 14.9. The summed E-state index contributed by atoms with van der Waals surface area (Å²) in [6.07, 6.45) is 0.903. The predicted octanol–water partition coefficient (Wildman–Crippen LogP) is 2.57. The van der Waals surface area contributed by atoms with Gasteiger partial charge in [0.25, 0.3) is 5.91 Å². The molecule has 1 fully saturated rings. The minimum Gasteiger partial charge on any atom is -0.488 e. The summed E-state index contributed by atoms with van der Waals surface area (Å²) < 4.78 is 11.1. The van der Waals surface area contributed by atoms with Crippen LogP contribution in [0.25, 0.3) is 0 Å². The first-order valence-electron chi connectivity index (χ1n) is 7.07. The number of nitrogens with one attached hydrogen (secondary N) is 1. The quantitative estimate of drug-likeness (QED) is 0.937. The molecule has 0 saturated carbocycles. The molecule has 1 N–H and O–H groups in total. The number of pyridine rings is 1.